The SMILES string of the molecule is COc1ccc(O)c(/C=C(\C#N)C(=O)Nc2ccccc2C)c1. The standard InChI is InChI=1S/C18H16N2O3/c1-12-5-3-4-6-16(12)20-18(22)14(11-19)9-13-10-15(23-2)7-8-17(13)21/h3-10,21H,1-2H3,(H,20,22)/b14-9+. The maximum Gasteiger partial charge on any atom is 0.266 e. The summed E-state index contributed by atoms with van der Waals surface area (Å²) in [5.41, 5.74) is 1.74. The first-order chi connectivity index (χ1) is 11.0. The summed E-state index contributed by atoms with van der Waals surface area (Å²) >= 11 is 0. The van der Waals surface area contributed by atoms with Crippen LogP contribution in [0.15, 0.2) is 48.0 Å². The fraction of sp³-hybridized carbons (Fsp3) is 0.111. The number of methoxy groups -OCH3 is 1. The number of hydrogen-bond acceptors (Lipinski definition) is 4. The van der Waals surface area contributed by atoms with E-state index in [1.54, 1.807) is 24.3 Å². The van der Waals surface area contributed by atoms with E-state index in [4.69, 9.17) is 4.74 Å². The number of anilines is 1. The zero-order valence-corrected chi connectivity index (χ0v) is 12.8. The molecule has 2 aromatic carbocycles. The van der Waals surface area contributed by atoms with Crippen LogP contribution in [-0.2, 0) is 4.79 Å². The number of hydrogen-bond donors (Lipinski definition) is 2. The number of rotatable bonds is 4. The van der Waals surface area contributed by atoms with E-state index in [9.17, 15) is 15.2 Å². The molecule has 1 amide bonds. The van der Waals surface area contributed by atoms with Crippen molar-refractivity contribution in [2.75, 3.05) is 12.4 Å². The summed E-state index contributed by atoms with van der Waals surface area (Å²) in [6, 6.07) is 13.7. The highest BCUT2D eigenvalue weighted by atomic mass is 16.5. The molecule has 0 aliphatic heterocycles. The van der Waals surface area contributed by atoms with Gasteiger partial charge < -0.3 is 15.2 Å². The molecule has 0 aromatic heterocycles. The lowest BCUT2D eigenvalue weighted by Crippen LogP contribution is -2.14. The quantitative estimate of drug-likeness (QED) is 0.671. The first-order valence-electron chi connectivity index (χ1n) is 6.91. The van der Waals surface area contributed by atoms with E-state index in [1.807, 2.05) is 25.1 Å². The van der Waals surface area contributed by atoms with Gasteiger partial charge in [0.2, 0.25) is 0 Å². The van der Waals surface area contributed by atoms with Crippen LogP contribution in [0.4, 0.5) is 5.69 Å². The van der Waals surface area contributed by atoms with Crippen LogP contribution in [0, 0.1) is 18.3 Å². The number of phenolic OH excluding ortho intramolecular Hbond substituents is 1. The van der Waals surface area contributed by atoms with Crippen molar-refractivity contribution in [2.24, 2.45) is 0 Å². The summed E-state index contributed by atoms with van der Waals surface area (Å²) in [5, 5.41) is 21.8. The van der Waals surface area contributed by atoms with Gasteiger partial charge in [0.1, 0.15) is 23.1 Å². The normalized spacial score (nSPS) is 10.7. The number of aromatic hydroxyl groups is 1. The molecule has 0 unspecified atom stereocenters. The highest BCUT2D eigenvalue weighted by Crippen LogP contribution is 2.25. The third-order valence-corrected chi connectivity index (χ3v) is 3.29. The van der Waals surface area contributed by atoms with Gasteiger partial charge >= 0.3 is 0 Å². The van der Waals surface area contributed by atoms with Gasteiger partial charge in [0.25, 0.3) is 5.91 Å². The second-order valence-corrected chi connectivity index (χ2v) is 4.86. The fourth-order valence-corrected chi connectivity index (χ4v) is 1.98. The van der Waals surface area contributed by atoms with Crippen molar-refractivity contribution in [3.8, 4) is 17.6 Å². The molecule has 2 rings (SSSR count). The van der Waals surface area contributed by atoms with Crippen molar-refractivity contribution < 1.29 is 14.6 Å². The van der Waals surface area contributed by atoms with Gasteiger partial charge in [-0.2, -0.15) is 5.26 Å². The molecule has 0 aliphatic rings. The first-order valence-corrected chi connectivity index (χ1v) is 6.91. The van der Waals surface area contributed by atoms with Crippen molar-refractivity contribution in [3.63, 3.8) is 0 Å². The fourth-order valence-electron chi connectivity index (χ4n) is 1.98. The van der Waals surface area contributed by atoms with Gasteiger partial charge in [-0.05, 0) is 42.8 Å². The number of carbonyl (C=O) groups is 1. The van der Waals surface area contributed by atoms with E-state index in [0.29, 0.717) is 17.0 Å². The molecule has 0 spiro atoms. The molecule has 0 bridgehead atoms. The Morgan fingerprint density at radius 1 is 1.30 bits per heavy atom. The number of nitrogens with zero attached hydrogens (tertiary/aromatic N) is 1. The Labute approximate surface area is 134 Å². The van der Waals surface area contributed by atoms with Gasteiger partial charge in [0, 0.05) is 11.3 Å². The summed E-state index contributed by atoms with van der Waals surface area (Å²) in [7, 11) is 1.50. The van der Waals surface area contributed by atoms with Crippen LogP contribution in [0.5, 0.6) is 11.5 Å². The number of phenols is 1. The second kappa shape index (κ2) is 7.14. The van der Waals surface area contributed by atoms with Crippen LogP contribution in [0.2, 0.25) is 0 Å². The molecular weight excluding hydrogens is 292 g/mol. The zero-order valence-electron chi connectivity index (χ0n) is 12.8. The number of nitrogens with one attached hydrogen (secondary N) is 1. The van der Waals surface area contributed by atoms with E-state index in [1.165, 1.54) is 19.3 Å². The van der Waals surface area contributed by atoms with Crippen LogP contribution in [0.1, 0.15) is 11.1 Å². The smallest absolute Gasteiger partial charge is 0.266 e. The van der Waals surface area contributed by atoms with Crippen molar-refractivity contribution in [1.29, 1.82) is 5.26 Å². The number of aryl methyl sites for hydroxylation is 1. The number of amides is 1. The summed E-state index contributed by atoms with van der Waals surface area (Å²) in [6.45, 7) is 1.86. The largest absolute Gasteiger partial charge is 0.507 e. The van der Waals surface area contributed by atoms with Gasteiger partial charge in [-0.25, -0.2) is 0 Å². The van der Waals surface area contributed by atoms with E-state index >= 15 is 0 Å². The van der Waals surface area contributed by atoms with E-state index < -0.39 is 5.91 Å². The number of ether oxygens (including phenoxy) is 1. The van der Waals surface area contributed by atoms with Crippen LogP contribution >= 0.6 is 0 Å². The average molecular weight is 308 g/mol. The Hall–Kier alpha value is -3.26. The van der Waals surface area contributed by atoms with Crippen molar-refractivity contribution in [3.05, 3.63) is 59.2 Å². The Kier molecular flexibility index (Phi) is 5.00. The third-order valence-electron chi connectivity index (χ3n) is 3.29. The molecule has 0 radical (unpaired) electrons. The number of carbonyl (C=O) groups excluding carboxylic acids is 1. The van der Waals surface area contributed by atoms with E-state index in [0.717, 1.165) is 5.56 Å². The topological polar surface area (TPSA) is 82.3 Å². The lowest BCUT2D eigenvalue weighted by Gasteiger charge is -2.08. The van der Waals surface area contributed by atoms with Crippen LogP contribution in [0.3, 0.4) is 0 Å². The van der Waals surface area contributed by atoms with Crippen LogP contribution in [-0.4, -0.2) is 18.1 Å². The Morgan fingerprint density at radius 2 is 2.04 bits per heavy atom. The van der Waals surface area contributed by atoms with Crippen molar-refractivity contribution >= 4 is 17.7 Å². The number of benzene rings is 2. The summed E-state index contributed by atoms with van der Waals surface area (Å²) < 4.78 is 5.07. The van der Waals surface area contributed by atoms with Crippen molar-refractivity contribution in [2.45, 2.75) is 6.92 Å². The van der Waals surface area contributed by atoms with E-state index in [2.05, 4.69) is 5.32 Å². The predicted molar refractivity (Wildman–Crippen MR) is 88.1 cm³/mol. The molecule has 0 heterocycles. The average Bonchev–Trinajstić information content (AvgIpc) is 2.56. The minimum Gasteiger partial charge on any atom is -0.507 e. The minimum absolute atomic E-state index is 0.0396. The summed E-state index contributed by atoms with van der Waals surface area (Å²) in [4.78, 5) is 12.3. The number of para-hydroxylation sites is 1. The van der Waals surface area contributed by atoms with E-state index in [-0.39, 0.29) is 11.3 Å². The monoisotopic (exact) mass is 308 g/mol. The molecule has 2 N–H and O–H groups in total. The van der Waals surface area contributed by atoms with Gasteiger partial charge in [0.05, 0.1) is 7.11 Å². The maximum absolute atomic E-state index is 12.3. The molecule has 0 saturated heterocycles. The Bertz CT molecular complexity index is 804. The Balaban J connectivity index is 2.31. The molecule has 5 heteroatoms. The molecule has 5 nitrogen and oxygen atoms in total. The number of nitriles is 1. The third kappa shape index (κ3) is 3.89. The molecule has 0 atom stereocenters. The lowest BCUT2D eigenvalue weighted by molar-refractivity contribution is -0.112. The molecule has 0 aliphatic carbocycles. The molecule has 0 fully saturated rings. The molecular formula is C18H16N2O3. The molecule has 23 heavy (non-hydrogen) atoms. The van der Waals surface area contributed by atoms with Crippen LogP contribution < -0.4 is 10.1 Å². The molecule has 116 valence electrons. The molecule has 2 aromatic rings. The van der Waals surface area contributed by atoms with Gasteiger partial charge in [-0.1, -0.05) is 18.2 Å². The summed E-state index contributed by atoms with van der Waals surface area (Å²) in [5.74, 6) is -0.0584. The Morgan fingerprint density at radius 3 is 2.70 bits per heavy atom. The minimum atomic E-state index is -0.538. The van der Waals surface area contributed by atoms with Crippen LogP contribution in [0.25, 0.3) is 6.08 Å². The predicted octanol–water partition coefficient (Wildman–Crippen LogP) is 3.25. The van der Waals surface area contributed by atoms with Gasteiger partial charge in [-0.3, -0.25) is 4.79 Å². The van der Waals surface area contributed by atoms with Gasteiger partial charge in [-0.15, -0.1) is 0 Å². The first kappa shape index (κ1) is 16.1. The zero-order chi connectivity index (χ0) is 16.8. The highest BCUT2D eigenvalue weighted by Gasteiger charge is 2.12. The summed E-state index contributed by atoms with van der Waals surface area (Å²) in [6.07, 6.45) is 1.32. The lowest BCUT2D eigenvalue weighted by atomic mass is 10.1. The van der Waals surface area contributed by atoms with Crippen molar-refractivity contribution in [1.82, 2.24) is 0 Å². The maximum atomic E-state index is 12.3. The highest BCUT2D eigenvalue weighted by molar-refractivity contribution is 6.10. The molecule has 0 saturated carbocycles. The van der Waals surface area contributed by atoms with Gasteiger partial charge in [0.15, 0.2) is 0 Å². The second-order valence-electron chi connectivity index (χ2n) is 4.86.